The van der Waals surface area contributed by atoms with Gasteiger partial charge in [-0.3, -0.25) is 19.4 Å². The Labute approximate surface area is 284 Å². The molecule has 2 aromatic carbocycles. The SMILES string of the molecule is COCCOCOC(CNC[C@H]1Cc2c(cc(OCc3ccccc3)c(N(CC(=O)OC(C)(C)C)C(=O)C(F)(F)F)c2F)N1C(=O)O)C(F)F. The van der Waals surface area contributed by atoms with E-state index in [-0.39, 0.29) is 37.0 Å². The molecule has 0 spiro atoms. The molecule has 12 nitrogen and oxygen atoms in total. The van der Waals surface area contributed by atoms with Crippen LogP contribution < -0.4 is 19.9 Å². The Morgan fingerprint density at radius 1 is 1.10 bits per heavy atom. The molecule has 278 valence electrons. The molecular formula is C32H39F6N3O9. The fourth-order valence-corrected chi connectivity index (χ4v) is 4.95. The van der Waals surface area contributed by atoms with Gasteiger partial charge in [0.2, 0.25) is 0 Å². The van der Waals surface area contributed by atoms with Crippen LogP contribution in [0, 0.1) is 5.82 Å². The lowest BCUT2D eigenvalue weighted by Crippen LogP contribution is -2.46. The maximum atomic E-state index is 16.6. The summed E-state index contributed by atoms with van der Waals surface area (Å²) in [5.41, 5.74) is -2.50. The van der Waals surface area contributed by atoms with Crippen molar-refractivity contribution in [2.24, 2.45) is 0 Å². The summed E-state index contributed by atoms with van der Waals surface area (Å²) in [6.45, 7) is 1.60. The maximum absolute atomic E-state index is 16.6. The quantitative estimate of drug-likeness (QED) is 0.100. The van der Waals surface area contributed by atoms with Crippen molar-refractivity contribution in [3.63, 3.8) is 0 Å². The van der Waals surface area contributed by atoms with Crippen molar-refractivity contribution in [1.29, 1.82) is 0 Å². The number of nitrogens with zero attached hydrogens (tertiary/aromatic N) is 2. The third-order valence-electron chi connectivity index (χ3n) is 7.06. The van der Waals surface area contributed by atoms with Crippen LogP contribution in [0.4, 0.5) is 42.5 Å². The predicted molar refractivity (Wildman–Crippen MR) is 166 cm³/mol. The van der Waals surface area contributed by atoms with Crippen molar-refractivity contribution in [2.45, 2.75) is 64.1 Å². The van der Waals surface area contributed by atoms with Gasteiger partial charge in [0.1, 0.15) is 43.1 Å². The summed E-state index contributed by atoms with van der Waals surface area (Å²) < 4.78 is 111. The highest BCUT2D eigenvalue weighted by molar-refractivity contribution is 6.03. The van der Waals surface area contributed by atoms with Crippen LogP contribution in [0.2, 0.25) is 0 Å². The van der Waals surface area contributed by atoms with Crippen LogP contribution >= 0.6 is 0 Å². The Morgan fingerprint density at radius 3 is 2.36 bits per heavy atom. The van der Waals surface area contributed by atoms with Crippen molar-refractivity contribution < 1.29 is 69.5 Å². The predicted octanol–water partition coefficient (Wildman–Crippen LogP) is 4.91. The van der Waals surface area contributed by atoms with Gasteiger partial charge in [-0.2, -0.15) is 13.2 Å². The smallest absolute Gasteiger partial charge is 0.471 e. The molecule has 1 aliphatic heterocycles. The number of anilines is 2. The summed E-state index contributed by atoms with van der Waals surface area (Å²) in [7, 11) is 1.42. The highest BCUT2D eigenvalue weighted by Crippen LogP contribution is 2.45. The van der Waals surface area contributed by atoms with Gasteiger partial charge in [-0.05, 0) is 32.8 Å². The van der Waals surface area contributed by atoms with Gasteiger partial charge in [-0.15, -0.1) is 0 Å². The molecule has 0 aliphatic carbocycles. The number of rotatable bonds is 17. The third-order valence-corrected chi connectivity index (χ3v) is 7.06. The van der Waals surface area contributed by atoms with Crippen LogP contribution in [0.1, 0.15) is 31.9 Å². The molecule has 3 rings (SSSR count). The lowest BCUT2D eigenvalue weighted by atomic mass is 10.1. The molecule has 1 heterocycles. The molecule has 2 atom stereocenters. The second-order valence-electron chi connectivity index (χ2n) is 12.0. The number of carbonyl (C=O) groups is 3. The molecule has 1 aliphatic rings. The number of esters is 1. The molecule has 0 saturated heterocycles. The van der Waals surface area contributed by atoms with E-state index in [2.05, 4.69) is 5.32 Å². The second-order valence-corrected chi connectivity index (χ2v) is 12.0. The largest absolute Gasteiger partial charge is 0.487 e. The number of methoxy groups -OCH3 is 1. The Hall–Kier alpha value is -4.13. The van der Waals surface area contributed by atoms with Gasteiger partial charge in [0.15, 0.2) is 5.82 Å². The number of fused-ring (bicyclic) bond motifs is 1. The first-order valence-electron chi connectivity index (χ1n) is 15.3. The summed E-state index contributed by atoms with van der Waals surface area (Å²) >= 11 is 0. The van der Waals surface area contributed by atoms with Crippen molar-refractivity contribution in [3.05, 3.63) is 53.3 Å². The zero-order valence-corrected chi connectivity index (χ0v) is 27.7. The molecule has 1 unspecified atom stereocenters. The normalized spacial score (nSPS) is 15.2. The molecule has 50 heavy (non-hydrogen) atoms. The summed E-state index contributed by atoms with van der Waals surface area (Å²) in [5, 5.41) is 12.8. The number of halogens is 6. The summed E-state index contributed by atoms with van der Waals surface area (Å²) in [6, 6.07) is 7.94. The maximum Gasteiger partial charge on any atom is 0.471 e. The van der Waals surface area contributed by atoms with E-state index in [0.29, 0.717) is 10.5 Å². The number of hydrogen-bond acceptors (Lipinski definition) is 9. The average molecular weight is 724 g/mol. The lowest BCUT2D eigenvalue weighted by Gasteiger charge is -2.28. The van der Waals surface area contributed by atoms with Crippen LogP contribution in [0.5, 0.6) is 5.75 Å². The number of nitrogens with one attached hydrogen (secondary N) is 1. The van der Waals surface area contributed by atoms with Crippen molar-refractivity contribution >= 4 is 29.3 Å². The molecular weight excluding hydrogens is 684 g/mol. The first-order valence-corrected chi connectivity index (χ1v) is 15.3. The number of amides is 2. The van der Waals surface area contributed by atoms with Crippen LogP contribution in [-0.4, -0.2) is 100 Å². The standard InChI is InChI=1S/C32H39F6N3O9/c1-31(2,3)50-25(42)16-40(29(43)32(36,37)38)27-23(48-17-19-8-6-5-7-9-19)13-22-21(26(27)33)12-20(41(22)30(44)45)14-39-15-24(28(34)35)49-18-47-11-10-46-4/h5-9,13,20,24,28,39H,10-12,14-18H2,1-4H3,(H,44,45)/t20-,24?/m1/s1. The van der Waals surface area contributed by atoms with E-state index in [9.17, 15) is 41.4 Å². The van der Waals surface area contributed by atoms with E-state index in [0.717, 1.165) is 6.07 Å². The van der Waals surface area contributed by atoms with Crippen molar-refractivity contribution in [2.75, 3.05) is 56.6 Å². The molecule has 0 aromatic heterocycles. The second kappa shape index (κ2) is 17.7. The van der Waals surface area contributed by atoms with E-state index in [1.807, 2.05) is 0 Å². The van der Waals surface area contributed by atoms with Gasteiger partial charge >= 0.3 is 24.1 Å². The van der Waals surface area contributed by atoms with E-state index < -0.39 is 97.4 Å². The minimum Gasteiger partial charge on any atom is -0.487 e. The topological polar surface area (TPSA) is 136 Å². The van der Waals surface area contributed by atoms with Crippen molar-refractivity contribution in [1.82, 2.24) is 5.32 Å². The van der Waals surface area contributed by atoms with Crippen LogP contribution in [0.15, 0.2) is 36.4 Å². The zero-order chi connectivity index (χ0) is 37.2. The number of alkyl halides is 5. The Morgan fingerprint density at radius 2 is 1.78 bits per heavy atom. The molecule has 2 N–H and O–H groups in total. The van der Waals surface area contributed by atoms with Crippen LogP contribution in [0.3, 0.4) is 0 Å². The van der Waals surface area contributed by atoms with Crippen molar-refractivity contribution in [3.8, 4) is 5.75 Å². The van der Waals surface area contributed by atoms with Gasteiger partial charge in [-0.1, -0.05) is 30.3 Å². The van der Waals surface area contributed by atoms with E-state index >= 15 is 4.39 Å². The number of carbonyl (C=O) groups excluding carboxylic acids is 2. The molecule has 0 radical (unpaired) electrons. The molecule has 18 heteroatoms. The fourth-order valence-electron chi connectivity index (χ4n) is 4.95. The Balaban J connectivity index is 2.01. The summed E-state index contributed by atoms with van der Waals surface area (Å²) in [5.74, 6) is -6.03. The molecule has 0 fully saturated rings. The first-order chi connectivity index (χ1) is 23.4. The first kappa shape index (κ1) is 40.3. The Bertz CT molecular complexity index is 1460. The van der Waals surface area contributed by atoms with Gasteiger partial charge in [0.05, 0.1) is 24.9 Å². The van der Waals surface area contributed by atoms with Gasteiger partial charge < -0.3 is 34.1 Å². The highest BCUT2D eigenvalue weighted by atomic mass is 19.4. The van der Waals surface area contributed by atoms with Crippen LogP contribution in [-0.2, 0) is 41.6 Å². The lowest BCUT2D eigenvalue weighted by molar-refractivity contribution is -0.171. The molecule has 0 saturated carbocycles. The average Bonchev–Trinajstić information content (AvgIpc) is 3.39. The number of carboxylic acid groups (broad SMARTS) is 1. The van der Waals surface area contributed by atoms with Gasteiger partial charge in [0.25, 0.3) is 6.43 Å². The third kappa shape index (κ3) is 11.2. The minimum absolute atomic E-state index is 0.0855. The zero-order valence-electron chi connectivity index (χ0n) is 27.7. The molecule has 0 bridgehead atoms. The summed E-state index contributed by atoms with van der Waals surface area (Å²) in [6.07, 6.45) is -12.3. The fraction of sp³-hybridized carbons (Fsp3) is 0.531. The highest BCUT2D eigenvalue weighted by Gasteiger charge is 2.47. The molecule has 2 amide bonds. The number of hydrogen-bond donors (Lipinski definition) is 2. The van der Waals surface area contributed by atoms with E-state index in [1.54, 1.807) is 30.3 Å². The van der Waals surface area contributed by atoms with Gasteiger partial charge in [-0.25, -0.2) is 18.0 Å². The summed E-state index contributed by atoms with van der Waals surface area (Å²) in [4.78, 5) is 38.4. The van der Waals surface area contributed by atoms with Gasteiger partial charge in [0, 0.05) is 31.8 Å². The Kier molecular flexibility index (Phi) is 14.3. The van der Waals surface area contributed by atoms with E-state index in [1.165, 1.54) is 27.9 Å². The van der Waals surface area contributed by atoms with E-state index in [4.69, 9.17) is 23.7 Å². The number of ether oxygens (including phenoxy) is 5. The molecule has 2 aromatic rings. The minimum atomic E-state index is -5.58. The number of benzene rings is 2. The van der Waals surface area contributed by atoms with Crippen LogP contribution in [0.25, 0.3) is 0 Å². The monoisotopic (exact) mass is 723 g/mol.